The van der Waals surface area contributed by atoms with E-state index in [1.54, 1.807) is 25.1 Å². The second kappa shape index (κ2) is 4.68. The lowest BCUT2D eigenvalue weighted by molar-refractivity contribution is 0.211. The number of aromatic nitrogens is 2. The number of aromatic amines is 1. The van der Waals surface area contributed by atoms with Gasteiger partial charge in [0, 0.05) is 6.07 Å². The summed E-state index contributed by atoms with van der Waals surface area (Å²) in [5, 5.41) is 10.2. The lowest BCUT2D eigenvalue weighted by Gasteiger charge is -2.08. The lowest BCUT2D eigenvalue weighted by Crippen LogP contribution is -2.02. The quantitative estimate of drug-likeness (QED) is 0.753. The van der Waals surface area contributed by atoms with Gasteiger partial charge in [-0.1, -0.05) is 12.1 Å². The highest BCUT2D eigenvalue weighted by atomic mass is 19.1. The number of aliphatic hydroxyl groups excluding tert-OH is 1. The van der Waals surface area contributed by atoms with E-state index in [4.69, 9.17) is 0 Å². The zero-order valence-corrected chi connectivity index (χ0v) is 10.7. The first-order valence-corrected chi connectivity index (χ1v) is 6.14. The normalized spacial score (nSPS) is 12.8. The second-order valence-corrected chi connectivity index (χ2v) is 4.69. The molecule has 2 aromatic carbocycles. The van der Waals surface area contributed by atoms with Crippen LogP contribution in [0, 0.1) is 18.6 Å². The van der Waals surface area contributed by atoms with Crippen molar-refractivity contribution < 1.29 is 13.9 Å². The molecule has 2 N–H and O–H groups in total. The molecule has 0 amide bonds. The van der Waals surface area contributed by atoms with Crippen LogP contribution < -0.4 is 0 Å². The van der Waals surface area contributed by atoms with Gasteiger partial charge in [-0.25, -0.2) is 13.8 Å². The predicted octanol–water partition coefficient (Wildman–Crippen LogP) is 3.23. The van der Waals surface area contributed by atoms with Crippen LogP contribution >= 0.6 is 0 Å². The maximum Gasteiger partial charge on any atom is 0.140 e. The molecule has 0 fully saturated rings. The van der Waals surface area contributed by atoms with E-state index in [0.29, 0.717) is 22.2 Å². The molecule has 0 aliphatic heterocycles. The predicted molar refractivity (Wildman–Crippen MR) is 71.3 cm³/mol. The van der Waals surface area contributed by atoms with Crippen LogP contribution in [0.25, 0.3) is 11.0 Å². The Kier molecular flexibility index (Phi) is 2.99. The Morgan fingerprint density at radius 2 is 1.95 bits per heavy atom. The number of aliphatic hydroxyl groups is 1. The third-order valence-electron chi connectivity index (χ3n) is 3.23. The van der Waals surface area contributed by atoms with Crippen molar-refractivity contribution in [2.75, 3.05) is 0 Å². The maximum absolute atomic E-state index is 13.5. The van der Waals surface area contributed by atoms with Gasteiger partial charge in [-0.15, -0.1) is 0 Å². The van der Waals surface area contributed by atoms with Gasteiger partial charge in [-0.3, -0.25) is 0 Å². The average Bonchev–Trinajstić information content (AvgIpc) is 2.84. The fourth-order valence-corrected chi connectivity index (χ4v) is 2.07. The van der Waals surface area contributed by atoms with Crippen molar-refractivity contribution in [3.05, 3.63) is 65.0 Å². The first-order valence-electron chi connectivity index (χ1n) is 6.14. The number of rotatable bonds is 2. The van der Waals surface area contributed by atoms with Gasteiger partial charge in [0.1, 0.15) is 23.6 Å². The molecule has 3 nitrogen and oxygen atoms in total. The molecule has 0 aliphatic rings. The number of H-pyrrole nitrogens is 1. The van der Waals surface area contributed by atoms with E-state index in [-0.39, 0.29) is 11.6 Å². The van der Waals surface area contributed by atoms with Crippen molar-refractivity contribution in [2.24, 2.45) is 0 Å². The Balaban J connectivity index is 2.02. The van der Waals surface area contributed by atoms with Crippen LogP contribution in [0.2, 0.25) is 0 Å². The molecule has 3 aromatic rings. The van der Waals surface area contributed by atoms with Crippen molar-refractivity contribution in [3.63, 3.8) is 0 Å². The molecule has 0 saturated heterocycles. The summed E-state index contributed by atoms with van der Waals surface area (Å²) in [5.74, 6) is -0.524. The molecule has 1 atom stereocenters. The van der Waals surface area contributed by atoms with Gasteiger partial charge < -0.3 is 10.1 Å². The standard InChI is InChI=1S/C15H12F2N2O/c1-8-2-3-9(6-11(8)17)14(20)15-18-12-5-4-10(16)7-13(12)19-15/h2-7,14,20H,1H3,(H,18,19). The van der Waals surface area contributed by atoms with Crippen molar-refractivity contribution in [2.45, 2.75) is 13.0 Å². The molecule has 0 bridgehead atoms. The molecule has 5 heteroatoms. The van der Waals surface area contributed by atoms with Crippen molar-refractivity contribution >= 4 is 11.0 Å². The zero-order chi connectivity index (χ0) is 14.3. The summed E-state index contributed by atoms with van der Waals surface area (Å²) in [4.78, 5) is 7.04. The molecular weight excluding hydrogens is 262 g/mol. The molecule has 102 valence electrons. The van der Waals surface area contributed by atoms with Crippen LogP contribution in [-0.2, 0) is 0 Å². The summed E-state index contributed by atoms with van der Waals surface area (Å²) >= 11 is 0. The Hall–Kier alpha value is -2.27. The van der Waals surface area contributed by atoms with E-state index in [0.717, 1.165) is 0 Å². The van der Waals surface area contributed by atoms with Crippen LogP contribution in [0.5, 0.6) is 0 Å². The van der Waals surface area contributed by atoms with Gasteiger partial charge in [-0.2, -0.15) is 0 Å². The number of hydrogen-bond acceptors (Lipinski definition) is 2. The van der Waals surface area contributed by atoms with Gasteiger partial charge in [0.05, 0.1) is 11.0 Å². The summed E-state index contributed by atoms with van der Waals surface area (Å²) in [6, 6.07) is 8.63. The fourth-order valence-electron chi connectivity index (χ4n) is 2.07. The third kappa shape index (κ3) is 2.16. The number of fused-ring (bicyclic) bond motifs is 1. The SMILES string of the molecule is Cc1ccc(C(O)c2nc3cc(F)ccc3[nH]2)cc1F. The summed E-state index contributed by atoms with van der Waals surface area (Å²) in [6.45, 7) is 1.65. The topological polar surface area (TPSA) is 48.9 Å². The Labute approximate surface area is 113 Å². The molecule has 0 spiro atoms. The fraction of sp³-hybridized carbons (Fsp3) is 0.133. The number of aryl methyl sites for hydroxylation is 1. The van der Waals surface area contributed by atoms with E-state index in [1.165, 1.54) is 18.2 Å². The zero-order valence-electron chi connectivity index (χ0n) is 10.7. The van der Waals surface area contributed by atoms with Crippen molar-refractivity contribution in [1.82, 2.24) is 9.97 Å². The number of nitrogens with one attached hydrogen (secondary N) is 1. The monoisotopic (exact) mass is 274 g/mol. The summed E-state index contributed by atoms with van der Waals surface area (Å²) in [6.07, 6.45) is -1.08. The maximum atomic E-state index is 13.5. The molecule has 0 aliphatic carbocycles. The number of nitrogens with zero attached hydrogens (tertiary/aromatic N) is 1. The van der Waals surface area contributed by atoms with E-state index in [1.807, 2.05) is 0 Å². The number of benzene rings is 2. The molecule has 0 saturated carbocycles. The van der Waals surface area contributed by atoms with Gasteiger partial charge in [0.2, 0.25) is 0 Å². The first kappa shape index (κ1) is 12.7. The van der Waals surface area contributed by atoms with Crippen LogP contribution in [-0.4, -0.2) is 15.1 Å². The van der Waals surface area contributed by atoms with Crippen molar-refractivity contribution in [3.8, 4) is 0 Å². The van der Waals surface area contributed by atoms with Gasteiger partial charge >= 0.3 is 0 Å². The van der Waals surface area contributed by atoms with Gasteiger partial charge in [-0.05, 0) is 36.2 Å². The molecule has 1 unspecified atom stereocenters. The Morgan fingerprint density at radius 1 is 1.15 bits per heavy atom. The van der Waals surface area contributed by atoms with E-state index in [2.05, 4.69) is 9.97 Å². The number of halogens is 2. The third-order valence-corrected chi connectivity index (χ3v) is 3.23. The van der Waals surface area contributed by atoms with Crippen LogP contribution in [0.4, 0.5) is 8.78 Å². The Morgan fingerprint density at radius 3 is 2.70 bits per heavy atom. The van der Waals surface area contributed by atoms with Gasteiger partial charge in [0.25, 0.3) is 0 Å². The van der Waals surface area contributed by atoms with E-state index in [9.17, 15) is 13.9 Å². The molecule has 20 heavy (non-hydrogen) atoms. The lowest BCUT2D eigenvalue weighted by atomic mass is 10.1. The first-order chi connectivity index (χ1) is 9.54. The summed E-state index contributed by atoms with van der Waals surface area (Å²) in [7, 11) is 0. The number of hydrogen-bond donors (Lipinski definition) is 2. The van der Waals surface area contributed by atoms with Crippen LogP contribution in [0.15, 0.2) is 36.4 Å². The van der Waals surface area contributed by atoms with Crippen LogP contribution in [0.3, 0.4) is 0 Å². The highest BCUT2D eigenvalue weighted by Crippen LogP contribution is 2.24. The number of imidazole rings is 1. The molecule has 0 radical (unpaired) electrons. The Bertz CT molecular complexity index is 783. The van der Waals surface area contributed by atoms with Crippen molar-refractivity contribution in [1.29, 1.82) is 0 Å². The van der Waals surface area contributed by atoms with Crippen LogP contribution in [0.1, 0.15) is 23.1 Å². The molecule has 3 rings (SSSR count). The highest BCUT2D eigenvalue weighted by molar-refractivity contribution is 5.75. The van der Waals surface area contributed by atoms with E-state index < -0.39 is 11.9 Å². The minimum Gasteiger partial charge on any atom is -0.380 e. The molecule has 1 heterocycles. The van der Waals surface area contributed by atoms with Gasteiger partial charge in [0.15, 0.2) is 0 Å². The highest BCUT2D eigenvalue weighted by Gasteiger charge is 2.16. The largest absolute Gasteiger partial charge is 0.380 e. The summed E-state index contributed by atoms with van der Waals surface area (Å²) in [5.41, 5.74) is 1.94. The van der Waals surface area contributed by atoms with E-state index >= 15 is 0 Å². The minimum atomic E-state index is -1.08. The minimum absolute atomic E-state index is 0.258. The molecule has 1 aromatic heterocycles. The molecular formula is C15H12F2N2O. The average molecular weight is 274 g/mol. The smallest absolute Gasteiger partial charge is 0.140 e. The second-order valence-electron chi connectivity index (χ2n) is 4.69. The summed E-state index contributed by atoms with van der Waals surface area (Å²) < 4.78 is 26.6.